The SMILES string of the molecule is Cc1cc2oc3c(C(C)C)ccc(C#N)c3c2cc1-c1cccc[n+]1C. The molecule has 26 heavy (non-hydrogen) atoms. The van der Waals surface area contributed by atoms with E-state index in [0.717, 1.165) is 44.3 Å². The van der Waals surface area contributed by atoms with Crippen molar-refractivity contribution in [3.63, 3.8) is 0 Å². The molecule has 2 aromatic carbocycles. The number of furan rings is 1. The van der Waals surface area contributed by atoms with Gasteiger partial charge in [-0.1, -0.05) is 19.9 Å². The lowest BCUT2D eigenvalue weighted by Gasteiger charge is -2.06. The van der Waals surface area contributed by atoms with Crippen LogP contribution in [0.15, 0.2) is 53.1 Å². The molecule has 0 fully saturated rings. The van der Waals surface area contributed by atoms with Gasteiger partial charge in [0, 0.05) is 28.5 Å². The Morgan fingerprint density at radius 2 is 1.92 bits per heavy atom. The van der Waals surface area contributed by atoms with Crippen LogP contribution >= 0.6 is 0 Å². The molecule has 4 aromatic rings. The molecule has 0 unspecified atom stereocenters. The van der Waals surface area contributed by atoms with Crippen molar-refractivity contribution >= 4 is 21.9 Å². The second-order valence-corrected chi connectivity index (χ2v) is 7.14. The molecule has 0 bridgehead atoms. The Morgan fingerprint density at radius 3 is 2.62 bits per heavy atom. The molecule has 2 heterocycles. The molecule has 0 amide bonds. The van der Waals surface area contributed by atoms with Crippen LogP contribution in [-0.4, -0.2) is 0 Å². The van der Waals surface area contributed by atoms with Crippen molar-refractivity contribution < 1.29 is 8.98 Å². The minimum atomic E-state index is 0.332. The number of rotatable bonds is 2. The third kappa shape index (κ3) is 2.38. The summed E-state index contributed by atoms with van der Waals surface area (Å²) >= 11 is 0. The summed E-state index contributed by atoms with van der Waals surface area (Å²) in [6.45, 7) is 6.40. The van der Waals surface area contributed by atoms with E-state index in [4.69, 9.17) is 4.42 Å². The first kappa shape index (κ1) is 16.4. The third-order valence-corrected chi connectivity index (χ3v) is 5.07. The number of nitrogens with zero attached hydrogens (tertiary/aromatic N) is 2. The van der Waals surface area contributed by atoms with Crippen molar-refractivity contribution in [2.24, 2.45) is 7.05 Å². The summed E-state index contributed by atoms with van der Waals surface area (Å²) < 4.78 is 8.34. The highest BCUT2D eigenvalue weighted by Gasteiger charge is 2.20. The minimum Gasteiger partial charge on any atom is -0.456 e. The molecule has 3 heteroatoms. The highest BCUT2D eigenvalue weighted by molar-refractivity contribution is 6.10. The highest BCUT2D eigenvalue weighted by atomic mass is 16.3. The van der Waals surface area contributed by atoms with Crippen molar-refractivity contribution in [2.45, 2.75) is 26.7 Å². The van der Waals surface area contributed by atoms with E-state index in [1.807, 2.05) is 37.5 Å². The van der Waals surface area contributed by atoms with Gasteiger partial charge in [0.2, 0.25) is 5.69 Å². The van der Waals surface area contributed by atoms with E-state index in [0.29, 0.717) is 11.5 Å². The lowest BCUT2D eigenvalue weighted by Crippen LogP contribution is -2.30. The molecule has 0 aliphatic carbocycles. The van der Waals surface area contributed by atoms with Crippen LogP contribution < -0.4 is 4.57 Å². The molecule has 0 N–H and O–H groups in total. The van der Waals surface area contributed by atoms with Gasteiger partial charge in [0.1, 0.15) is 18.2 Å². The van der Waals surface area contributed by atoms with Crippen molar-refractivity contribution in [1.29, 1.82) is 5.26 Å². The maximum Gasteiger partial charge on any atom is 0.212 e. The largest absolute Gasteiger partial charge is 0.456 e. The van der Waals surface area contributed by atoms with Crippen LogP contribution in [0.3, 0.4) is 0 Å². The highest BCUT2D eigenvalue weighted by Crippen LogP contribution is 2.38. The Kier molecular flexibility index (Phi) is 3.77. The van der Waals surface area contributed by atoms with E-state index in [9.17, 15) is 5.26 Å². The molecule has 0 radical (unpaired) electrons. The molecule has 0 aliphatic rings. The summed E-state index contributed by atoms with van der Waals surface area (Å²) in [6.07, 6.45) is 2.05. The zero-order valence-corrected chi connectivity index (χ0v) is 15.5. The summed E-state index contributed by atoms with van der Waals surface area (Å²) in [5.74, 6) is 0.332. The maximum atomic E-state index is 9.63. The number of aryl methyl sites for hydroxylation is 2. The Labute approximate surface area is 153 Å². The smallest absolute Gasteiger partial charge is 0.212 e. The van der Waals surface area contributed by atoms with Gasteiger partial charge in [0.15, 0.2) is 6.20 Å². The number of fused-ring (bicyclic) bond motifs is 3. The number of aromatic nitrogens is 1. The molecular weight excluding hydrogens is 320 g/mol. The Balaban J connectivity index is 2.13. The predicted molar refractivity (Wildman–Crippen MR) is 104 cm³/mol. The lowest BCUT2D eigenvalue weighted by atomic mass is 9.95. The average molecular weight is 341 g/mol. The Hall–Kier alpha value is -3.12. The standard InChI is InChI=1S/C23H21N2O/c1-14(2)17-9-8-16(13-24)22-19-12-18(20-7-5-6-10-25(20)4)15(3)11-21(19)26-23(17)22/h5-12,14H,1-4H3/q+1. The number of nitriles is 1. The van der Waals surface area contributed by atoms with Gasteiger partial charge in [-0.25, -0.2) is 4.57 Å². The van der Waals surface area contributed by atoms with E-state index >= 15 is 0 Å². The van der Waals surface area contributed by atoms with Gasteiger partial charge >= 0.3 is 0 Å². The summed E-state index contributed by atoms with van der Waals surface area (Å²) in [5.41, 5.74) is 6.92. The molecule has 0 spiro atoms. The summed E-state index contributed by atoms with van der Waals surface area (Å²) in [5, 5.41) is 11.6. The molecule has 0 saturated carbocycles. The van der Waals surface area contributed by atoms with Crippen LogP contribution in [-0.2, 0) is 7.05 Å². The van der Waals surface area contributed by atoms with Crippen molar-refractivity contribution in [3.05, 3.63) is 65.4 Å². The molecule has 0 atom stereocenters. The van der Waals surface area contributed by atoms with Crippen molar-refractivity contribution in [3.8, 4) is 17.3 Å². The first-order valence-electron chi connectivity index (χ1n) is 8.86. The monoisotopic (exact) mass is 341 g/mol. The van der Waals surface area contributed by atoms with Crippen LogP contribution in [0.5, 0.6) is 0 Å². The third-order valence-electron chi connectivity index (χ3n) is 5.07. The lowest BCUT2D eigenvalue weighted by molar-refractivity contribution is -0.660. The number of benzene rings is 2. The van der Waals surface area contributed by atoms with E-state index < -0.39 is 0 Å². The normalized spacial score (nSPS) is 11.4. The van der Waals surface area contributed by atoms with E-state index in [1.165, 1.54) is 0 Å². The fraction of sp³-hybridized carbons (Fsp3) is 0.217. The molecular formula is C23H21N2O+. The summed E-state index contributed by atoms with van der Waals surface area (Å²) in [7, 11) is 2.05. The topological polar surface area (TPSA) is 40.8 Å². The van der Waals surface area contributed by atoms with Crippen LogP contribution in [0.2, 0.25) is 0 Å². The quantitative estimate of drug-likeness (QED) is 0.459. The fourth-order valence-electron chi connectivity index (χ4n) is 3.67. The molecule has 4 rings (SSSR count). The average Bonchev–Trinajstić information content (AvgIpc) is 2.98. The second-order valence-electron chi connectivity index (χ2n) is 7.14. The van der Waals surface area contributed by atoms with Gasteiger partial charge in [-0.05, 0) is 48.2 Å². The molecule has 0 saturated heterocycles. The van der Waals surface area contributed by atoms with Gasteiger partial charge in [-0.3, -0.25) is 0 Å². The number of hydrogen-bond donors (Lipinski definition) is 0. The maximum absolute atomic E-state index is 9.63. The van der Waals surface area contributed by atoms with Crippen LogP contribution in [0, 0.1) is 18.3 Å². The Bertz CT molecular complexity index is 1190. The van der Waals surface area contributed by atoms with Crippen molar-refractivity contribution in [1.82, 2.24) is 0 Å². The summed E-state index contributed by atoms with van der Waals surface area (Å²) in [6, 6.07) is 16.7. The number of hydrogen-bond acceptors (Lipinski definition) is 2. The fourth-order valence-corrected chi connectivity index (χ4v) is 3.67. The Morgan fingerprint density at radius 1 is 1.12 bits per heavy atom. The zero-order chi connectivity index (χ0) is 18.4. The van der Waals surface area contributed by atoms with Gasteiger partial charge in [-0.2, -0.15) is 5.26 Å². The molecule has 3 nitrogen and oxygen atoms in total. The first-order valence-corrected chi connectivity index (χ1v) is 8.86. The zero-order valence-electron chi connectivity index (χ0n) is 15.5. The summed E-state index contributed by atoms with van der Waals surface area (Å²) in [4.78, 5) is 0. The second kappa shape index (κ2) is 6.00. The first-order chi connectivity index (χ1) is 12.5. The molecule has 0 aliphatic heterocycles. The van der Waals surface area contributed by atoms with Crippen LogP contribution in [0.25, 0.3) is 33.2 Å². The van der Waals surface area contributed by atoms with Crippen LogP contribution in [0.4, 0.5) is 0 Å². The van der Waals surface area contributed by atoms with Gasteiger partial charge < -0.3 is 4.42 Å². The van der Waals surface area contributed by atoms with Gasteiger partial charge in [0.05, 0.1) is 11.6 Å². The van der Waals surface area contributed by atoms with Crippen LogP contribution in [0.1, 0.15) is 36.5 Å². The minimum absolute atomic E-state index is 0.332. The molecule has 128 valence electrons. The van der Waals surface area contributed by atoms with E-state index in [1.54, 1.807) is 0 Å². The van der Waals surface area contributed by atoms with E-state index in [-0.39, 0.29) is 0 Å². The van der Waals surface area contributed by atoms with E-state index in [2.05, 4.69) is 49.6 Å². The van der Waals surface area contributed by atoms with Crippen molar-refractivity contribution in [2.75, 3.05) is 0 Å². The molecule has 2 aromatic heterocycles. The predicted octanol–water partition coefficient (Wildman–Crippen LogP) is 5.38. The number of pyridine rings is 1. The van der Waals surface area contributed by atoms with Gasteiger partial charge in [-0.15, -0.1) is 0 Å². The van der Waals surface area contributed by atoms with Gasteiger partial charge in [0.25, 0.3) is 0 Å².